The van der Waals surface area contributed by atoms with Gasteiger partial charge >= 0.3 is 6.18 Å². The zero-order valence-electron chi connectivity index (χ0n) is 30.3. The third-order valence-corrected chi connectivity index (χ3v) is 10.2. The van der Waals surface area contributed by atoms with Crippen LogP contribution in [0, 0.1) is 5.82 Å². The lowest BCUT2D eigenvalue weighted by Gasteiger charge is -2.33. The number of thiocarbonyl (C=S) groups is 1. The number of nitrogens with zero attached hydrogens (tertiary/aromatic N) is 4. The van der Waals surface area contributed by atoms with Crippen LogP contribution in [0.2, 0.25) is 0 Å². The first kappa shape index (κ1) is 39.3. The molecule has 3 aliphatic rings. The number of benzene rings is 2. The van der Waals surface area contributed by atoms with E-state index in [1.54, 1.807) is 30.9 Å². The standard InChI is InChI=1S/C37H40F4N8O5S/c1-4-20-15-22(49-35(55)48(34(53)36(49,2)3)23-17-25(37(39,40)41)32(42)43-18-23)6-9-29(20)54-24-11-13-47(14-12-24)19-31(51)45-28-16-21(5-7-26(28)38)44-27-8-10-30(50)46-33(27)52/h5-7,9,15-18,24,27,44H,4,8,10-14,19H2,1-3H3,(H2,42,43)(H,45,51)(H,46,50,52). The molecular weight excluding hydrogens is 745 g/mol. The molecule has 292 valence electrons. The fourth-order valence-corrected chi connectivity index (χ4v) is 7.39. The van der Waals surface area contributed by atoms with Gasteiger partial charge in [-0.05, 0) is 99.8 Å². The molecule has 13 nitrogen and oxygen atoms in total. The van der Waals surface area contributed by atoms with Gasteiger partial charge in [0.2, 0.25) is 17.7 Å². The summed E-state index contributed by atoms with van der Waals surface area (Å²) in [4.78, 5) is 58.3. The first-order chi connectivity index (χ1) is 26.0. The molecule has 0 aliphatic carbocycles. The number of hydrogen-bond acceptors (Lipinski definition) is 10. The number of amides is 4. The van der Waals surface area contributed by atoms with E-state index in [9.17, 15) is 36.7 Å². The summed E-state index contributed by atoms with van der Waals surface area (Å²) in [5, 5.41) is 7.84. The Kier molecular flexibility index (Phi) is 11.0. The highest BCUT2D eigenvalue weighted by molar-refractivity contribution is 7.81. The molecule has 2 aromatic carbocycles. The number of likely N-dealkylation sites (tertiary alicyclic amines) is 1. The highest BCUT2D eigenvalue weighted by atomic mass is 32.1. The minimum atomic E-state index is -4.78. The number of alkyl halides is 3. The van der Waals surface area contributed by atoms with Crippen LogP contribution in [-0.2, 0) is 31.8 Å². The van der Waals surface area contributed by atoms with Gasteiger partial charge in [0.1, 0.15) is 35.1 Å². The van der Waals surface area contributed by atoms with Crippen LogP contribution >= 0.6 is 12.2 Å². The van der Waals surface area contributed by atoms with Crippen molar-refractivity contribution in [3.63, 3.8) is 0 Å². The monoisotopic (exact) mass is 784 g/mol. The molecule has 5 N–H and O–H groups in total. The fourth-order valence-electron chi connectivity index (χ4n) is 6.87. The van der Waals surface area contributed by atoms with Crippen LogP contribution in [0.1, 0.15) is 57.6 Å². The van der Waals surface area contributed by atoms with Gasteiger partial charge in [-0.25, -0.2) is 9.37 Å². The van der Waals surface area contributed by atoms with Crippen LogP contribution in [0.5, 0.6) is 5.75 Å². The van der Waals surface area contributed by atoms with Crippen molar-refractivity contribution in [2.24, 2.45) is 0 Å². The van der Waals surface area contributed by atoms with Crippen LogP contribution in [-0.4, -0.2) is 75.9 Å². The third kappa shape index (κ3) is 8.34. The topological polar surface area (TPSA) is 162 Å². The van der Waals surface area contributed by atoms with Crippen molar-refractivity contribution < 1.29 is 41.5 Å². The quantitative estimate of drug-likeness (QED) is 0.124. The number of aromatic nitrogens is 1. The number of piperidine rings is 2. The minimum Gasteiger partial charge on any atom is -0.490 e. The molecule has 3 saturated heterocycles. The zero-order chi connectivity index (χ0) is 39.8. The van der Waals surface area contributed by atoms with Crippen molar-refractivity contribution in [3.05, 3.63) is 65.6 Å². The largest absolute Gasteiger partial charge is 0.490 e. The van der Waals surface area contributed by atoms with Gasteiger partial charge in [-0.1, -0.05) is 6.92 Å². The minimum absolute atomic E-state index is 0.0128. The summed E-state index contributed by atoms with van der Waals surface area (Å²) in [5.74, 6) is -2.46. The van der Waals surface area contributed by atoms with Gasteiger partial charge in [0, 0.05) is 30.9 Å². The summed E-state index contributed by atoms with van der Waals surface area (Å²) < 4.78 is 61.8. The van der Waals surface area contributed by atoms with Crippen LogP contribution in [0.4, 0.5) is 46.1 Å². The number of halogens is 4. The summed E-state index contributed by atoms with van der Waals surface area (Å²) in [5.41, 5.74) is 4.69. The Morgan fingerprint density at radius 3 is 2.47 bits per heavy atom. The zero-order valence-corrected chi connectivity index (χ0v) is 31.1. The van der Waals surface area contributed by atoms with E-state index in [0.29, 0.717) is 55.9 Å². The number of aryl methyl sites for hydroxylation is 1. The van der Waals surface area contributed by atoms with Crippen molar-refractivity contribution in [2.45, 2.75) is 76.7 Å². The predicted octanol–water partition coefficient (Wildman–Crippen LogP) is 5.00. The van der Waals surface area contributed by atoms with Gasteiger partial charge in [0.25, 0.3) is 5.91 Å². The number of rotatable bonds is 10. The average molecular weight is 785 g/mol. The molecule has 1 unspecified atom stereocenters. The third-order valence-electron chi connectivity index (χ3n) is 9.83. The number of nitrogens with one attached hydrogen (secondary N) is 3. The first-order valence-electron chi connectivity index (χ1n) is 17.7. The molecule has 4 amide bonds. The van der Waals surface area contributed by atoms with E-state index in [2.05, 4.69) is 20.9 Å². The van der Waals surface area contributed by atoms with E-state index in [1.807, 2.05) is 17.9 Å². The Morgan fingerprint density at radius 2 is 1.80 bits per heavy atom. The van der Waals surface area contributed by atoms with Gasteiger partial charge in [-0.3, -0.25) is 34.3 Å². The van der Waals surface area contributed by atoms with Gasteiger partial charge in [0.05, 0.1) is 29.7 Å². The summed E-state index contributed by atoms with van der Waals surface area (Å²) in [6.07, 6.45) is -1.58. The Hall–Kier alpha value is -5.36. The molecule has 3 aromatic rings. The maximum Gasteiger partial charge on any atom is 0.420 e. The summed E-state index contributed by atoms with van der Waals surface area (Å²) >= 11 is 5.67. The molecule has 6 rings (SSSR count). The predicted molar refractivity (Wildman–Crippen MR) is 201 cm³/mol. The van der Waals surface area contributed by atoms with Crippen LogP contribution in [0.25, 0.3) is 0 Å². The lowest BCUT2D eigenvalue weighted by atomic mass is 10.0. The molecule has 0 spiro atoms. The first-order valence-corrected chi connectivity index (χ1v) is 18.1. The normalized spacial score (nSPS) is 19.4. The summed E-state index contributed by atoms with van der Waals surface area (Å²) in [6.45, 7) is 6.33. The molecule has 3 aliphatic heterocycles. The number of nitrogens with two attached hydrogens (primary N) is 1. The summed E-state index contributed by atoms with van der Waals surface area (Å²) in [7, 11) is 0. The Labute approximate surface area is 319 Å². The van der Waals surface area contributed by atoms with Crippen molar-refractivity contribution >= 4 is 69.5 Å². The number of carbonyl (C=O) groups is 4. The second-order valence-electron chi connectivity index (χ2n) is 14.1. The molecule has 1 aromatic heterocycles. The average Bonchev–Trinajstić information content (AvgIpc) is 3.30. The fraction of sp³-hybridized carbons (Fsp3) is 0.405. The van der Waals surface area contributed by atoms with Crippen LogP contribution in [0.3, 0.4) is 0 Å². The van der Waals surface area contributed by atoms with Gasteiger partial charge < -0.3 is 26.0 Å². The maximum absolute atomic E-state index is 14.6. The SMILES string of the molecule is CCc1cc(N2C(=S)N(c3cnc(N)c(C(F)(F)F)c3)C(=O)C2(C)C)ccc1OC1CCN(CC(=O)Nc2cc(NC3CCC(=O)NC3=O)ccc2F)CC1. The number of pyridine rings is 1. The molecule has 1 atom stereocenters. The van der Waals surface area contributed by atoms with Gasteiger partial charge in [0.15, 0.2) is 5.11 Å². The highest BCUT2D eigenvalue weighted by Gasteiger charge is 2.51. The van der Waals surface area contributed by atoms with E-state index < -0.39 is 52.7 Å². The number of hydrogen-bond donors (Lipinski definition) is 4. The van der Waals surface area contributed by atoms with Crippen molar-refractivity contribution in [3.8, 4) is 5.75 Å². The molecular formula is C37H40F4N8O5S. The number of anilines is 5. The number of nitrogen functional groups attached to an aromatic ring is 1. The van der Waals surface area contributed by atoms with E-state index in [1.165, 1.54) is 18.2 Å². The second kappa shape index (κ2) is 15.4. The molecule has 4 heterocycles. The van der Waals surface area contributed by atoms with E-state index in [0.717, 1.165) is 22.7 Å². The molecule has 0 bridgehead atoms. The highest BCUT2D eigenvalue weighted by Crippen LogP contribution is 2.41. The van der Waals surface area contributed by atoms with Crippen molar-refractivity contribution in [2.75, 3.05) is 45.8 Å². The van der Waals surface area contributed by atoms with Crippen molar-refractivity contribution in [1.82, 2.24) is 15.2 Å². The molecule has 3 fully saturated rings. The lowest BCUT2D eigenvalue weighted by molar-refractivity contribution is -0.137. The van der Waals surface area contributed by atoms with Gasteiger partial charge in [-0.2, -0.15) is 13.2 Å². The van der Waals surface area contributed by atoms with E-state index >= 15 is 0 Å². The molecule has 0 radical (unpaired) electrons. The Bertz CT molecular complexity index is 2040. The van der Waals surface area contributed by atoms with E-state index in [-0.39, 0.29) is 41.5 Å². The Morgan fingerprint density at radius 1 is 1.07 bits per heavy atom. The number of imide groups is 1. The smallest absolute Gasteiger partial charge is 0.420 e. The second-order valence-corrected chi connectivity index (χ2v) is 14.4. The number of ether oxygens (including phenoxy) is 1. The molecule has 18 heteroatoms. The lowest BCUT2D eigenvalue weighted by Crippen LogP contribution is -2.47. The molecule has 55 heavy (non-hydrogen) atoms. The summed E-state index contributed by atoms with van der Waals surface area (Å²) in [6, 6.07) is 9.53. The van der Waals surface area contributed by atoms with Gasteiger partial charge in [-0.15, -0.1) is 0 Å². The van der Waals surface area contributed by atoms with Crippen LogP contribution in [0.15, 0.2) is 48.7 Å². The number of carbonyl (C=O) groups excluding carboxylic acids is 4. The molecule has 0 saturated carbocycles. The van der Waals surface area contributed by atoms with Crippen molar-refractivity contribution in [1.29, 1.82) is 0 Å². The maximum atomic E-state index is 14.6. The van der Waals surface area contributed by atoms with Crippen LogP contribution < -0.4 is 36.2 Å². The van der Waals surface area contributed by atoms with E-state index in [4.69, 9.17) is 22.7 Å². The Balaban J connectivity index is 1.06.